The van der Waals surface area contributed by atoms with Crippen molar-refractivity contribution in [3.8, 4) is 5.75 Å². The number of carbonyl (C=O) groups excluding carboxylic acids is 1. The zero-order valence-electron chi connectivity index (χ0n) is 11.7. The first-order valence-electron chi connectivity index (χ1n) is 6.36. The monoisotopic (exact) mass is 364 g/mol. The van der Waals surface area contributed by atoms with E-state index in [1.165, 1.54) is 30.1 Å². The molecule has 0 aromatic heterocycles. The largest absolute Gasteiger partial charge is 0.507 e. The molecular weight excluding hydrogens is 352 g/mol. The molecule has 6 nitrogen and oxygen atoms in total. The summed E-state index contributed by atoms with van der Waals surface area (Å²) in [5.41, 5.74) is 0.522. The van der Waals surface area contributed by atoms with Gasteiger partial charge in [-0.25, -0.2) is 0 Å². The topological polar surface area (TPSA) is 83.7 Å². The number of halogens is 1. The minimum Gasteiger partial charge on any atom is -0.507 e. The van der Waals surface area contributed by atoms with E-state index in [9.17, 15) is 20.0 Å². The zero-order valence-corrected chi connectivity index (χ0v) is 13.3. The molecule has 0 atom stereocenters. The Morgan fingerprint density at radius 2 is 2.00 bits per heavy atom. The van der Waals surface area contributed by atoms with Crippen molar-refractivity contribution in [3.63, 3.8) is 0 Å². The Hall–Kier alpha value is -2.41. The number of aromatic hydroxyl groups is 1. The molecule has 0 heterocycles. The lowest BCUT2D eigenvalue weighted by Crippen LogP contribution is -2.26. The van der Waals surface area contributed by atoms with Crippen LogP contribution in [-0.4, -0.2) is 27.9 Å². The van der Waals surface area contributed by atoms with Gasteiger partial charge in [0.05, 0.1) is 17.0 Å². The Morgan fingerprint density at radius 3 is 2.68 bits per heavy atom. The summed E-state index contributed by atoms with van der Waals surface area (Å²) in [5, 5.41) is 20.8. The van der Waals surface area contributed by atoms with Gasteiger partial charge in [-0.1, -0.05) is 34.1 Å². The summed E-state index contributed by atoms with van der Waals surface area (Å²) in [6, 6.07) is 10.8. The van der Waals surface area contributed by atoms with Crippen molar-refractivity contribution < 1.29 is 14.8 Å². The average Bonchev–Trinajstić information content (AvgIpc) is 2.49. The highest BCUT2D eigenvalue weighted by molar-refractivity contribution is 9.10. The molecule has 0 aliphatic heterocycles. The molecule has 22 heavy (non-hydrogen) atoms. The summed E-state index contributed by atoms with van der Waals surface area (Å²) < 4.78 is 0.660. The Bertz CT molecular complexity index is 733. The van der Waals surface area contributed by atoms with E-state index in [4.69, 9.17) is 0 Å². The van der Waals surface area contributed by atoms with Crippen LogP contribution in [0.3, 0.4) is 0 Å². The summed E-state index contributed by atoms with van der Waals surface area (Å²) >= 11 is 3.24. The molecule has 1 amide bonds. The van der Waals surface area contributed by atoms with Gasteiger partial charge in [0, 0.05) is 23.2 Å². The predicted octanol–water partition coefficient (Wildman–Crippen LogP) is 3.34. The normalized spacial score (nSPS) is 10.3. The second kappa shape index (κ2) is 6.57. The van der Waals surface area contributed by atoms with Gasteiger partial charge in [-0.3, -0.25) is 14.9 Å². The van der Waals surface area contributed by atoms with Crippen molar-refractivity contribution in [2.75, 3.05) is 7.05 Å². The minimum absolute atomic E-state index is 0.0411. The molecule has 114 valence electrons. The lowest BCUT2D eigenvalue weighted by atomic mass is 10.1. The summed E-state index contributed by atoms with van der Waals surface area (Å²) in [5.74, 6) is -0.556. The van der Waals surface area contributed by atoms with Crippen molar-refractivity contribution in [1.82, 2.24) is 4.90 Å². The van der Waals surface area contributed by atoms with E-state index in [1.54, 1.807) is 24.3 Å². The molecule has 2 aromatic carbocycles. The molecule has 0 saturated heterocycles. The second-order valence-electron chi connectivity index (χ2n) is 4.71. The predicted molar refractivity (Wildman–Crippen MR) is 84.7 cm³/mol. The van der Waals surface area contributed by atoms with E-state index in [0.29, 0.717) is 10.0 Å². The summed E-state index contributed by atoms with van der Waals surface area (Å²) in [4.78, 5) is 24.2. The van der Waals surface area contributed by atoms with E-state index < -0.39 is 10.8 Å². The SMILES string of the molecule is CN(Cc1ccccc1[N+](=O)[O-])C(=O)c1cc(Br)ccc1O. The number of rotatable bonds is 4. The van der Waals surface area contributed by atoms with Crippen molar-refractivity contribution in [1.29, 1.82) is 0 Å². The van der Waals surface area contributed by atoms with Gasteiger partial charge in [0.15, 0.2) is 0 Å². The Labute approximate surface area is 135 Å². The van der Waals surface area contributed by atoms with Gasteiger partial charge in [0.1, 0.15) is 5.75 Å². The summed E-state index contributed by atoms with van der Waals surface area (Å²) in [6.07, 6.45) is 0. The van der Waals surface area contributed by atoms with Crippen LogP contribution in [0.1, 0.15) is 15.9 Å². The van der Waals surface area contributed by atoms with Gasteiger partial charge in [-0.2, -0.15) is 0 Å². The number of phenolic OH excluding ortho intramolecular Hbond substituents is 1. The highest BCUT2D eigenvalue weighted by Gasteiger charge is 2.20. The van der Waals surface area contributed by atoms with Crippen molar-refractivity contribution in [3.05, 3.63) is 68.2 Å². The van der Waals surface area contributed by atoms with E-state index in [1.807, 2.05) is 0 Å². The number of benzene rings is 2. The lowest BCUT2D eigenvalue weighted by Gasteiger charge is -2.18. The maximum absolute atomic E-state index is 12.4. The molecule has 1 N–H and O–H groups in total. The molecule has 0 unspecified atom stereocenters. The summed E-state index contributed by atoms with van der Waals surface area (Å²) in [7, 11) is 1.53. The van der Waals surface area contributed by atoms with Crippen LogP contribution in [0.4, 0.5) is 5.69 Å². The molecule has 2 aromatic rings. The first-order chi connectivity index (χ1) is 10.4. The van der Waals surface area contributed by atoms with E-state index in [-0.39, 0.29) is 23.5 Å². The van der Waals surface area contributed by atoms with E-state index in [0.717, 1.165) is 0 Å². The van der Waals surface area contributed by atoms with Crippen LogP contribution < -0.4 is 0 Å². The third-order valence-electron chi connectivity index (χ3n) is 3.13. The number of nitro groups is 1. The van der Waals surface area contributed by atoms with Crippen LogP contribution in [0.2, 0.25) is 0 Å². The fourth-order valence-corrected chi connectivity index (χ4v) is 2.40. The number of nitrogens with zero attached hydrogens (tertiary/aromatic N) is 2. The number of hydrogen-bond donors (Lipinski definition) is 1. The minimum atomic E-state index is -0.482. The van der Waals surface area contributed by atoms with Crippen LogP contribution in [0.5, 0.6) is 5.75 Å². The molecule has 2 rings (SSSR count). The molecule has 0 spiro atoms. The molecule has 0 saturated carbocycles. The van der Waals surface area contributed by atoms with Gasteiger partial charge in [-0.05, 0) is 18.2 Å². The molecule has 0 aliphatic carbocycles. The smallest absolute Gasteiger partial charge is 0.274 e. The van der Waals surface area contributed by atoms with Crippen molar-refractivity contribution >= 4 is 27.5 Å². The van der Waals surface area contributed by atoms with Crippen molar-refractivity contribution in [2.24, 2.45) is 0 Å². The third-order valence-corrected chi connectivity index (χ3v) is 3.62. The van der Waals surface area contributed by atoms with Gasteiger partial charge >= 0.3 is 0 Å². The Morgan fingerprint density at radius 1 is 1.32 bits per heavy atom. The number of phenols is 1. The first-order valence-corrected chi connectivity index (χ1v) is 7.15. The van der Waals surface area contributed by atoms with Gasteiger partial charge in [-0.15, -0.1) is 0 Å². The standard InChI is InChI=1S/C15H13BrN2O4/c1-17(9-10-4-2-3-5-13(10)18(21)22)15(20)12-8-11(16)6-7-14(12)19/h2-8,19H,9H2,1H3. The van der Waals surface area contributed by atoms with Crippen LogP contribution in [0.15, 0.2) is 46.9 Å². The van der Waals surface area contributed by atoms with Crippen LogP contribution >= 0.6 is 15.9 Å². The quantitative estimate of drug-likeness (QED) is 0.665. The molecular formula is C15H13BrN2O4. The fraction of sp³-hybridized carbons (Fsp3) is 0.133. The Kier molecular flexibility index (Phi) is 4.77. The fourth-order valence-electron chi connectivity index (χ4n) is 2.04. The number of nitro benzene ring substituents is 1. The maximum atomic E-state index is 12.4. The van der Waals surface area contributed by atoms with Crippen molar-refractivity contribution in [2.45, 2.75) is 6.54 Å². The molecule has 7 heteroatoms. The maximum Gasteiger partial charge on any atom is 0.274 e. The van der Waals surface area contributed by atoms with E-state index in [2.05, 4.69) is 15.9 Å². The first kappa shape index (κ1) is 16.0. The molecule has 0 aliphatic rings. The van der Waals surface area contributed by atoms with Crippen LogP contribution in [0.25, 0.3) is 0 Å². The number of para-hydroxylation sites is 1. The Balaban J connectivity index is 2.26. The second-order valence-corrected chi connectivity index (χ2v) is 5.62. The van der Waals surface area contributed by atoms with Crippen LogP contribution in [-0.2, 0) is 6.54 Å². The number of amides is 1. The number of hydrogen-bond acceptors (Lipinski definition) is 4. The highest BCUT2D eigenvalue weighted by Crippen LogP contribution is 2.25. The lowest BCUT2D eigenvalue weighted by molar-refractivity contribution is -0.385. The molecule has 0 radical (unpaired) electrons. The highest BCUT2D eigenvalue weighted by atomic mass is 79.9. The van der Waals surface area contributed by atoms with E-state index >= 15 is 0 Å². The van der Waals surface area contributed by atoms with Gasteiger partial charge in [0.2, 0.25) is 0 Å². The number of carbonyl (C=O) groups is 1. The van der Waals surface area contributed by atoms with Crippen LogP contribution in [0, 0.1) is 10.1 Å². The van der Waals surface area contributed by atoms with Gasteiger partial charge < -0.3 is 10.0 Å². The molecule has 0 fully saturated rings. The van der Waals surface area contributed by atoms with Gasteiger partial charge in [0.25, 0.3) is 11.6 Å². The third kappa shape index (κ3) is 3.43. The average molecular weight is 365 g/mol. The summed E-state index contributed by atoms with van der Waals surface area (Å²) in [6.45, 7) is 0.0714. The molecule has 0 bridgehead atoms. The zero-order chi connectivity index (χ0) is 16.3.